The Morgan fingerprint density at radius 2 is 1.71 bits per heavy atom. The number of aromatic nitrogens is 2. The van der Waals surface area contributed by atoms with Crippen LogP contribution in [-0.4, -0.2) is 15.7 Å². The zero-order chi connectivity index (χ0) is 16.4. The van der Waals surface area contributed by atoms with E-state index in [-0.39, 0.29) is 11.9 Å². The molecule has 1 aliphatic carbocycles. The normalized spacial score (nSPS) is 15.0. The van der Waals surface area contributed by atoms with Gasteiger partial charge in [0.25, 0.3) is 5.91 Å². The highest BCUT2D eigenvalue weighted by Gasteiger charge is 2.33. The molecular weight excluding hydrogens is 298 g/mol. The lowest BCUT2D eigenvalue weighted by Gasteiger charge is -2.18. The molecule has 0 bridgehead atoms. The van der Waals surface area contributed by atoms with Gasteiger partial charge in [-0.1, -0.05) is 48.5 Å². The van der Waals surface area contributed by atoms with Gasteiger partial charge >= 0.3 is 0 Å². The summed E-state index contributed by atoms with van der Waals surface area (Å²) in [5.41, 5.74) is 2.70. The van der Waals surface area contributed by atoms with Gasteiger partial charge < -0.3 is 5.32 Å². The molecule has 2 aromatic carbocycles. The van der Waals surface area contributed by atoms with E-state index in [9.17, 15) is 4.79 Å². The first-order valence-electron chi connectivity index (χ1n) is 8.27. The Morgan fingerprint density at radius 3 is 2.38 bits per heavy atom. The van der Waals surface area contributed by atoms with Gasteiger partial charge in [0.1, 0.15) is 0 Å². The average molecular weight is 317 g/mol. The van der Waals surface area contributed by atoms with Gasteiger partial charge in [-0.2, -0.15) is 5.10 Å². The Hall–Kier alpha value is -2.88. The molecule has 0 aliphatic heterocycles. The lowest BCUT2D eigenvalue weighted by Crippen LogP contribution is -2.29. The predicted molar refractivity (Wildman–Crippen MR) is 92.9 cm³/mol. The van der Waals surface area contributed by atoms with Crippen LogP contribution >= 0.6 is 0 Å². The highest BCUT2D eigenvalue weighted by atomic mass is 16.1. The molecule has 0 spiro atoms. The number of amides is 1. The molecule has 1 unspecified atom stereocenters. The van der Waals surface area contributed by atoms with Gasteiger partial charge in [-0.3, -0.25) is 4.79 Å². The van der Waals surface area contributed by atoms with E-state index in [4.69, 9.17) is 0 Å². The van der Waals surface area contributed by atoms with E-state index < -0.39 is 0 Å². The minimum Gasteiger partial charge on any atom is -0.345 e. The Labute approximate surface area is 141 Å². The number of hydrogen-bond acceptors (Lipinski definition) is 2. The highest BCUT2D eigenvalue weighted by molar-refractivity contribution is 5.94. The van der Waals surface area contributed by atoms with Crippen molar-refractivity contribution in [1.82, 2.24) is 15.1 Å². The maximum Gasteiger partial charge on any atom is 0.254 e. The van der Waals surface area contributed by atoms with Crippen molar-refractivity contribution < 1.29 is 4.79 Å². The Balaban J connectivity index is 1.52. The van der Waals surface area contributed by atoms with Crippen molar-refractivity contribution in [3.05, 3.63) is 84.2 Å². The van der Waals surface area contributed by atoms with Crippen molar-refractivity contribution in [3.8, 4) is 5.69 Å². The number of hydrogen-bond donors (Lipinski definition) is 1. The van der Waals surface area contributed by atoms with Crippen LogP contribution in [0.15, 0.2) is 73.1 Å². The van der Waals surface area contributed by atoms with E-state index in [1.165, 1.54) is 18.4 Å². The van der Waals surface area contributed by atoms with E-state index in [1.807, 2.05) is 48.5 Å². The smallest absolute Gasteiger partial charge is 0.254 e. The predicted octanol–water partition coefficient (Wildman–Crippen LogP) is 3.75. The molecule has 1 atom stereocenters. The van der Waals surface area contributed by atoms with Crippen LogP contribution in [0.3, 0.4) is 0 Å². The van der Waals surface area contributed by atoms with Crippen LogP contribution in [0.4, 0.5) is 0 Å². The molecule has 4 heteroatoms. The molecule has 24 heavy (non-hydrogen) atoms. The van der Waals surface area contributed by atoms with E-state index in [0.717, 1.165) is 5.69 Å². The lowest BCUT2D eigenvalue weighted by atomic mass is 10.0. The molecule has 3 aromatic rings. The quantitative estimate of drug-likeness (QED) is 0.779. The zero-order valence-electron chi connectivity index (χ0n) is 13.3. The number of para-hydroxylation sites is 1. The van der Waals surface area contributed by atoms with Crippen molar-refractivity contribution in [2.75, 3.05) is 0 Å². The number of carbonyl (C=O) groups excluding carboxylic acids is 1. The van der Waals surface area contributed by atoms with Crippen LogP contribution in [-0.2, 0) is 0 Å². The van der Waals surface area contributed by atoms with E-state index in [1.54, 1.807) is 17.1 Å². The summed E-state index contributed by atoms with van der Waals surface area (Å²) in [5, 5.41) is 7.49. The Bertz CT molecular complexity index is 822. The topological polar surface area (TPSA) is 46.9 Å². The van der Waals surface area contributed by atoms with Crippen molar-refractivity contribution in [2.45, 2.75) is 18.9 Å². The number of carbonyl (C=O) groups is 1. The maximum absolute atomic E-state index is 12.6. The summed E-state index contributed by atoms with van der Waals surface area (Å²) in [6, 6.07) is 20.1. The number of rotatable bonds is 5. The highest BCUT2D eigenvalue weighted by Crippen LogP contribution is 2.41. The van der Waals surface area contributed by atoms with Crippen molar-refractivity contribution in [3.63, 3.8) is 0 Å². The molecule has 4 rings (SSSR count). The van der Waals surface area contributed by atoms with Gasteiger partial charge in [-0.15, -0.1) is 0 Å². The van der Waals surface area contributed by atoms with E-state index in [0.29, 0.717) is 11.5 Å². The van der Waals surface area contributed by atoms with Gasteiger partial charge in [-0.25, -0.2) is 4.68 Å². The summed E-state index contributed by atoms with van der Waals surface area (Å²) in [4.78, 5) is 12.6. The van der Waals surface area contributed by atoms with Gasteiger partial charge in [0, 0.05) is 6.20 Å². The molecule has 0 radical (unpaired) electrons. The molecule has 1 aromatic heterocycles. The Morgan fingerprint density at radius 1 is 1.04 bits per heavy atom. The molecular formula is C20H19N3O. The summed E-state index contributed by atoms with van der Waals surface area (Å²) in [5.74, 6) is 0.471. The first-order chi connectivity index (χ1) is 11.8. The summed E-state index contributed by atoms with van der Waals surface area (Å²) in [6.45, 7) is 0. The zero-order valence-corrected chi connectivity index (χ0v) is 13.3. The molecule has 120 valence electrons. The summed E-state index contributed by atoms with van der Waals surface area (Å²) >= 11 is 0. The first kappa shape index (κ1) is 14.7. The number of nitrogens with one attached hydrogen (secondary N) is 1. The second-order valence-corrected chi connectivity index (χ2v) is 6.21. The fraction of sp³-hybridized carbons (Fsp3) is 0.200. The average Bonchev–Trinajstić information content (AvgIpc) is 3.36. The largest absolute Gasteiger partial charge is 0.345 e. The van der Waals surface area contributed by atoms with E-state index >= 15 is 0 Å². The fourth-order valence-corrected chi connectivity index (χ4v) is 2.95. The molecule has 1 heterocycles. The molecule has 0 saturated heterocycles. The minimum absolute atomic E-state index is 0.0714. The molecule has 4 nitrogen and oxygen atoms in total. The SMILES string of the molecule is O=C(NC(c1ccccc1)C1CC1)c1cnn(-c2ccccc2)c1. The third-order valence-electron chi connectivity index (χ3n) is 4.40. The van der Waals surface area contributed by atoms with Crippen LogP contribution in [0.25, 0.3) is 5.69 Å². The summed E-state index contributed by atoms with van der Waals surface area (Å²) in [7, 11) is 0. The monoisotopic (exact) mass is 317 g/mol. The molecule has 1 saturated carbocycles. The number of benzene rings is 2. The minimum atomic E-state index is -0.0714. The van der Waals surface area contributed by atoms with Crippen LogP contribution in [0.2, 0.25) is 0 Å². The second kappa shape index (κ2) is 6.32. The molecule has 1 aliphatic rings. The van der Waals surface area contributed by atoms with Gasteiger partial charge in [-0.05, 0) is 36.5 Å². The molecule has 1 fully saturated rings. The first-order valence-corrected chi connectivity index (χ1v) is 8.27. The number of nitrogens with zero attached hydrogens (tertiary/aromatic N) is 2. The lowest BCUT2D eigenvalue weighted by molar-refractivity contribution is 0.0931. The Kier molecular flexibility index (Phi) is 3.87. The van der Waals surface area contributed by atoms with Gasteiger partial charge in [0.05, 0.1) is 23.5 Å². The fourth-order valence-electron chi connectivity index (χ4n) is 2.95. The third-order valence-corrected chi connectivity index (χ3v) is 4.40. The molecule has 1 amide bonds. The third kappa shape index (κ3) is 3.08. The molecule has 1 N–H and O–H groups in total. The summed E-state index contributed by atoms with van der Waals surface area (Å²) in [6.07, 6.45) is 5.74. The van der Waals surface area contributed by atoms with Crippen LogP contribution in [0.1, 0.15) is 34.8 Å². The summed E-state index contributed by atoms with van der Waals surface area (Å²) < 4.78 is 1.73. The second-order valence-electron chi connectivity index (χ2n) is 6.21. The van der Waals surface area contributed by atoms with Crippen LogP contribution in [0, 0.1) is 5.92 Å². The standard InChI is InChI=1S/C20H19N3O/c24-20(17-13-21-23(14-17)18-9-5-2-6-10-18)22-19(16-11-12-16)15-7-3-1-4-8-15/h1-10,13-14,16,19H,11-12H2,(H,22,24). The van der Waals surface area contributed by atoms with Crippen molar-refractivity contribution in [1.29, 1.82) is 0 Å². The maximum atomic E-state index is 12.6. The van der Waals surface area contributed by atoms with E-state index in [2.05, 4.69) is 22.5 Å². The van der Waals surface area contributed by atoms with Crippen LogP contribution < -0.4 is 5.32 Å². The van der Waals surface area contributed by atoms with Crippen molar-refractivity contribution in [2.24, 2.45) is 5.92 Å². The van der Waals surface area contributed by atoms with Crippen molar-refractivity contribution >= 4 is 5.91 Å². The van der Waals surface area contributed by atoms with Crippen LogP contribution in [0.5, 0.6) is 0 Å². The van der Waals surface area contributed by atoms with Gasteiger partial charge in [0.2, 0.25) is 0 Å². The van der Waals surface area contributed by atoms with Gasteiger partial charge in [0.15, 0.2) is 0 Å².